The molecule has 0 aliphatic carbocycles. The third-order valence-corrected chi connectivity index (χ3v) is 4.31. The number of rotatable bonds is 2. The van der Waals surface area contributed by atoms with Crippen LogP contribution in [0.5, 0.6) is 11.5 Å². The molecule has 5 nitrogen and oxygen atoms in total. The zero-order chi connectivity index (χ0) is 14.1. The third kappa shape index (κ3) is 2.50. The average Bonchev–Trinajstić information content (AvgIpc) is 2.46. The van der Waals surface area contributed by atoms with Gasteiger partial charge in [0, 0.05) is 25.2 Å². The molecule has 0 saturated carbocycles. The Balaban J connectivity index is 1.82. The number of nitrogen functional groups attached to an aromatic ring is 1. The van der Waals surface area contributed by atoms with Gasteiger partial charge in [0.2, 0.25) is 0 Å². The molecule has 5 heteroatoms. The number of nitrogens with zero attached hydrogens (tertiary/aromatic N) is 2. The van der Waals surface area contributed by atoms with Crippen molar-refractivity contribution in [1.29, 1.82) is 0 Å². The van der Waals surface area contributed by atoms with Gasteiger partial charge in [0.1, 0.15) is 13.2 Å². The number of benzene rings is 1. The number of piperidine rings is 1. The largest absolute Gasteiger partial charge is 0.486 e. The predicted molar refractivity (Wildman–Crippen MR) is 80.8 cm³/mol. The summed E-state index contributed by atoms with van der Waals surface area (Å²) in [5.74, 6) is 1.56. The Kier molecular flexibility index (Phi) is 3.61. The molecule has 0 aromatic heterocycles. The highest BCUT2D eigenvalue weighted by molar-refractivity contribution is 5.73. The van der Waals surface area contributed by atoms with Gasteiger partial charge in [-0.3, -0.25) is 0 Å². The second-order valence-electron chi connectivity index (χ2n) is 5.70. The molecule has 0 radical (unpaired) electrons. The van der Waals surface area contributed by atoms with E-state index in [9.17, 15) is 0 Å². The monoisotopic (exact) mass is 277 g/mol. The van der Waals surface area contributed by atoms with E-state index in [0.29, 0.717) is 19.3 Å². The molecule has 3 rings (SSSR count). The summed E-state index contributed by atoms with van der Waals surface area (Å²) in [6.07, 6.45) is 2.34. The van der Waals surface area contributed by atoms with E-state index < -0.39 is 0 Å². The molecule has 2 N–H and O–H groups in total. The lowest BCUT2D eigenvalue weighted by Crippen LogP contribution is -2.42. The second-order valence-corrected chi connectivity index (χ2v) is 5.70. The molecule has 0 amide bonds. The van der Waals surface area contributed by atoms with Gasteiger partial charge in [0.25, 0.3) is 0 Å². The Labute approximate surface area is 120 Å². The maximum Gasteiger partial charge on any atom is 0.163 e. The van der Waals surface area contributed by atoms with Crippen molar-refractivity contribution in [2.24, 2.45) is 0 Å². The Morgan fingerprint density at radius 3 is 2.40 bits per heavy atom. The van der Waals surface area contributed by atoms with Crippen molar-refractivity contribution in [3.05, 3.63) is 12.1 Å². The number of likely N-dealkylation sites (tertiary alicyclic amines) is 1. The molecular formula is C15H23N3O2. The van der Waals surface area contributed by atoms with Gasteiger partial charge < -0.3 is 25.0 Å². The molecule has 1 aromatic rings. The van der Waals surface area contributed by atoms with Crippen LogP contribution in [0.2, 0.25) is 0 Å². The number of ether oxygens (including phenoxy) is 2. The number of hydrogen-bond donors (Lipinski definition) is 1. The molecule has 1 saturated heterocycles. The number of hydrogen-bond acceptors (Lipinski definition) is 5. The van der Waals surface area contributed by atoms with Crippen molar-refractivity contribution in [2.45, 2.75) is 18.9 Å². The number of anilines is 2. The van der Waals surface area contributed by atoms with Gasteiger partial charge in [-0.25, -0.2) is 0 Å². The molecule has 110 valence electrons. The molecule has 2 heterocycles. The fourth-order valence-corrected chi connectivity index (χ4v) is 2.98. The van der Waals surface area contributed by atoms with Gasteiger partial charge in [-0.15, -0.1) is 0 Å². The Hall–Kier alpha value is -1.62. The lowest BCUT2D eigenvalue weighted by molar-refractivity contribution is 0.171. The van der Waals surface area contributed by atoms with Crippen molar-refractivity contribution in [1.82, 2.24) is 4.90 Å². The van der Waals surface area contributed by atoms with E-state index in [2.05, 4.69) is 23.9 Å². The van der Waals surface area contributed by atoms with Gasteiger partial charge in [-0.2, -0.15) is 0 Å². The van der Waals surface area contributed by atoms with Crippen molar-refractivity contribution in [3.63, 3.8) is 0 Å². The van der Waals surface area contributed by atoms with Crippen LogP contribution in [0.4, 0.5) is 11.4 Å². The first-order chi connectivity index (χ1) is 9.65. The SMILES string of the molecule is CN1CCC(N(C)c2cc3c(cc2N)OCCO3)CC1. The summed E-state index contributed by atoms with van der Waals surface area (Å²) in [4.78, 5) is 4.66. The van der Waals surface area contributed by atoms with Crippen LogP contribution in [0, 0.1) is 0 Å². The summed E-state index contributed by atoms with van der Waals surface area (Å²) in [6.45, 7) is 3.48. The van der Waals surface area contributed by atoms with Crippen molar-refractivity contribution >= 4 is 11.4 Å². The lowest BCUT2D eigenvalue weighted by atomic mass is 10.0. The summed E-state index contributed by atoms with van der Waals surface area (Å²) >= 11 is 0. The van der Waals surface area contributed by atoms with E-state index in [1.165, 1.54) is 12.8 Å². The summed E-state index contributed by atoms with van der Waals surface area (Å²) < 4.78 is 11.2. The normalized spacial score (nSPS) is 19.9. The van der Waals surface area contributed by atoms with Crippen molar-refractivity contribution in [2.75, 3.05) is 51.0 Å². The quantitative estimate of drug-likeness (QED) is 0.832. The van der Waals surface area contributed by atoms with Crippen molar-refractivity contribution in [3.8, 4) is 11.5 Å². The second kappa shape index (κ2) is 5.40. The topological polar surface area (TPSA) is 51.0 Å². The molecule has 20 heavy (non-hydrogen) atoms. The smallest absolute Gasteiger partial charge is 0.163 e. The zero-order valence-electron chi connectivity index (χ0n) is 12.3. The van der Waals surface area contributed by atoms with Crippen LogP contribution in [0.1, 0.15) is 12.8 Å². The van der Waals surface area contributed by atoms with Gasteiger partial charge in [0.15, 0.2) is 11.5 Å². The van der Waals surface area contributed by atoms with E-state index in [4.69, 9.17) is 15.2 Å². The van der Waals surface area contributed by atoms with Gasteiger partial charge >= 0.3 is 0 Å². The fraction of sp³-hybridized carbons (Fsp3) is 0.600. The highest BCUT2D eigenvalue weighted by Gasteiger charge is 2.24. The van der Waals surface area contributed by atoms with Crippen LogP contribution in [0.15, 0.2) is 12.1 Å². The minimum Gasteiger partial charge on any atom is -0.486 e. The van der Waals surface area contributed by atoms with Gasteiger partial charge in [-0.05, 0) is 33.0 Å². The highest BCUT2D eigenvalue weighted by Crippen LogP contribution is 2.39. The van der Waals surface area contributed by atoms with Crippen molar-refractivity contribution < 1.29 is 9.47 Å². The molecule has 1 aromatic carbocycles. The molecule has 1 fully saturated rings. The molecule has 0 spiro atoms. The third-order valence-electron chi connectivity index (χ3n) is 4.31. The predicted octanol–water partition coefficient (Wildman–Crippen LogP) is 1.57. The van der Waals surface area contributed by atoms with Gasteiger partial charge in [0.05, 0.1) is 11.4 Å². The summed E-state index contributed by atoms with van der Waals surface area (Å²) in [6, 6.07) is 4.44. The first kappa shape index (κ1) is 13.4. The molecule has 0 bridgehead atoms. The molecular weight excluding hydrogens is 254 g/mol. The standard InChI is InChI=1S/C15H23N3O2/c1-17-5-3-11(4-6-17)18(2)13-10-15-14(9-12(13)16)19-7-8-20-15/h9-11H,3-8,16H2,1-2H3. The molecule has 2 aliphatic rings. The number of fused-ring (bicyclic) bond motifs is 1. The summed E-state index contributed by atoms with van der Waals surface area (Å²) in [5, 5.41) is 0. The summed E-state index contributed by atoms with van der Waals surface area (Å²) in [7, 11) is 4.30. The van der Waals surface area contributed by atoms with Crippen LogP contribution in [0.3, 0.4) is 0 Å². The van der Waals surface area contributed by atoms with Crippen LogP contribution in [-0.4, -0.2) is 51.3 Å². The molecule has 2 aliphatic heterocycles. The Morgan fingerprint density at radius 1 is 1.15 bits per heavy atom. The van der Waals surface area contributed by atoms with E-state index in [1.807, 2.05) is 12.1 Å². The highest BCUT2D eigenvalue weighted by atomic mass is 16.6. The van der Waals surface area contributed by atoms with Crippen LogP contribution in [-0.2, 0) is 0 Å². The maximum absolute atomic E-state index is 6.19. The summed E-state index contributed by atoms with van der Waals surface area (Å²) in [5.41, 5.74) is 8.00. The van der Waals surface area contributed by atoms with E-state index in [0.717, 1.165) is 36.0 Å². The van der Waals surface area contributed by atoms with E-state index >= 15 is 0 Å². The van der Waals surface area contributed by atoms with Crippen LogP contribution >= 0.6 is 0 Å². The Morgan fingerprint density at radius 2 is 1.75 bits per heavy atom. The van der Waals surface area contributed by atoms with Gasteiger partial charge in [-0.1, -0.05) is 0 Å². The van der Waals surface area contributed by atoms with Crippen LogP contribution in [0.25, 0.3) is 0 Å². The Bertz CT molecular complexity index is 484. The maximum atomic E-state index is 6.19. The molecule has 0 unspecified atom stereocenters. The minimum absolute atomic E-state index is 0.538. The lowest BCUT2D eigenvalue weighted by Gasteiger charge is -2.37. The van der Waals surface area contributed by atoms with Crippen LogP contribution < -0.4 is 20.1 Å². The first-order valence-corrected chi connectivity index (χ1v) is 7.25. The molecule has 0 atom stereocenters. The first-order valence-electron chi connectivity index (χ1n) is 7.25. The number of nitrogens with two attached hydrogens (primary N) is 1. The fourth-order valence-electron chi connectivity index (χ4n) is 2.98. The average molecular weight is 277 g/mol. The zero-order valence-corrected chi connectivity index (χ0v) is 12.3. The van der Waals surface area contributed by atoms with E-state index in [-0.39, 0.29) is 0 Å². The van der Waals surface area contributed by atoms with E-state index in [1.54, 1.807) is 0 Å². The minimum atomic E-state index is 0.538.